The Balaban J connectivity index is 1.58. The zero-order valence-corrected chi connectivity index (χ0v) is 23.1. The third-order valence-corrected chi connectivity index (χ3v) is 7.94. The van der Waals surface area contributed by atoms with Crippen molar-refractivity contribution in [2.45, 2.75) is 39.2 Å². The number of carbonyl (C=O) groups is 1. The van der Waals surface area contributed by atoms with Gasteiger partial charge in [0.2, 0.25) is 0 Å². The monoisotopic (exact) mass is 533 g/mol. The molecule has 2 aromatic rings. The highest BCUT2D eigenvalue weighted by Crippen LogP contribution is 2.46. The molecule has 0 spiro atoms. The van der Waals surface area contributed by atoms with Gasteiger partial charge in [-0.3, -0.25) is 0 Å². The van der Waals surface area contributed by atoms with Gasteiger partial charge in [0.1, 0.15) is 12.4 Å². The van der Waals surface area contributed by atoms with Crippen LogP contribution in [0.5, 0.6) is 5.75 Å². The predicted octanol–water partition coefficient (Wildman–Crippen LogP) is 6.88. The highest BCUT2D eigenvalue weighted by molar-refractivity contribution is 6.30. The molecule has 0 saturated carbocycles. The minimum atomic E-state index is -0.974. The van der Waals surface area contributed by atoms with Gasteiger partial charge in [-0.2, -0.15) is 0 Å². The molecule has 1 unspecified atom stereocenters. The van der Waals surface area contributed by atoms with E-state index in [1.54, 1.807) is 18.2 Å². The van der Waals surface area contributed by atoms with Gasteiger partial charge in [0.25, 0.3) is 0 Å². The number of hydrogen-bond acceptors (Lipinski definition) is 4. The van der Waals surface area contributed by atoms with E-state index in [2.05, 4.69) is 31.4 Å². The highest BCUT2D eigenvalue weighted by Gasteiger charge is 2.48. The Hall–Kier alpha value is -3.12. The second-order valence-corrected chi connectivity index (χ2v) is 11.1. The second kappa shape index (κ2) is 11.3. The Morgan fingerprint density at radius 2 is 1.92 bits per heavy atom. The maximum Gasteiger partial charge on any atom is 0.335 e. The molecule has 38 heavy (non-hydrogen) atoms. The van der Waals surface area contributed by atoms with Gasteiger partial charge in [-0.15, -0.1) is 0 Å². The lowest BCUT2D eigenvalue weighted by Crippen LogP contribution is -2.55. The Bertz CT molecular complexity index is 1310. The first-order chi connectivity index (χ1) is 18.1. The van der Waals surface area contributed by atoms with Crippen LogP contribution >= 0.6 is 11.6 Å². The summed E-state index contributed by atoms with van der Waals surface area (Å²) in [7, 11) is 0. The zero-order valence-electron chi connectivity index (χ0n) is 22.3. The van der Waals surface area contributed by atoms with E-state index >= 15 is 0 Å². The van der Waals surface area contributed by atoms with Crippen molar-refractivity contribution in [2.24, 2.45) is 5.41 Å². The Kier molecular flexibility index (Phi) is 8.31. The fourth-order valence-electron chi connectivity index (χ4n) is 5.47. The average molecular weight is 534 g/mol. The van der Waals surface area contributed by atoms with Crippen LogP contribution in [0, 0.1) is 5.41 Å². The summed E-state index contributed by atoms with van der Waals surface area (Å²) in [5.74, 6) is -0.323. The molecule has 0 aliphatic carbocycles. The first-order valence-corrected chi connectivity index (χ1v) is 13.4. The number of nitrogens with zero attached hydrogens (tertiary/aromatic N) is 1. The fourth-order valence-corrected chi connectivity index (χ4v) is 5.59. The number of aliphatic hydroxyl groups is 1. The molecular formula is C32H36ClNO4. The Morgan fingerprint density at radius 3 is 2.58 bits per heavy atom. The third kappa shape index (κ3) is 5.65. The lowest BCUT2D eigenvalue weighted by molar-refractivity contribution is -0.125. The number of ether oxygens (including phenoxy) is 1. The Labute approximate surface area is 230 Å². The molecule has 6 heteroatoms. The summed E-state index contributed by atoms with van der Waals surface area (Å²) in [6.07, 6.45) is 9.46. The van der Waals surface area contributed by atoms with Crippen molar-refractivity contribution in [3.63, 3.8) is 0 Å². The third-order valence-electron chi connectivity index (χ3n) is 7.69. The van der Waals surface area contributed by atoms with E-state index in [9.17, 15) is 15.0 Å². The number of allylic oxidation sites excluding steroid dienone is 4. The predicted molar refractivity (Wildman–Crippen MR) is 154 cm³/mol. The van der Waals surface area contributed by atoms with E-state index in [1.165, 1.54) is 0 Å². The molecule has 0 radical (unpaired) electrons. The minimum absolute atomic E-state index is 0.218. The molecule has 2 heterocycles. The molecule has 2 aliphatic rings. The second-order valence-electron chi connectivity index (χ2n) is 10.7. The maximum absolute atomic E-state index is 11.7. The summed E-state index contributed by atoms with van der Waals surface area (Å²) in [5, 5.41) is 22.0. The molecule has 4 rings (SSSR count). The molecule has 2 N–H and O–H groups in total. The highest BCUT2D eigenvalue weighted by atomic mass is 35.5. The van der Waals surface area contributed by atoms with E-state index < -0.39 is 11.6 Å². The van der Waals surface area contributed by atoms with Gasteiger partial charge in [-0.25, -0.2) is 4.79 Å². The normalized spacial score (nSPS) is 23.9. The quantitative estimate of drug-likeness (QED) is 0.423. The maximum atomic E-state index is 11.7. The zero-order chi connectivity index (χ0) is 27.5. The van der Waals surface area contributed by atoms with Gasteiger partial charge in [0.15, 0.2) is 0 Å². The van der Waals surface area contributed by atoms with Crippen LogP contribution < -0.4 is 4.74 Å². The smallest absolute Gasteiger partial charge is 0.335 e. The molecule has 0 bridgehead atoms. The lowest BCUT2D eigenvalue weighted by Gasteiger charge is -2.50. The molecule has 2 aliphatic heterocycles. The number of likely N-dealkylation sites (tertiary alicyclic amines) is 1. The van der Waals surface area contributed by atoms with Crippen LogP contribution in [0.25, 0.3) is 5.57 Å². The summed E-state index contributed by atoms with van der Waals surface area (Å²) in [6, 6.07) is 12.5. The van der Waals surface area contributed by atoms with Gasteiger partial charge in [0, 0.05) is 35.6 Å². The largest absolute Gasteiger partial charge is 0.488 e. The van der Waals surface area contributed by atoms with Crippen molar-refractivity contribution in [3.8, 4) is 5.75 Å². The molecule has 1 saturated heterocycles. The van der Waals surface area contributed by atoms with Gasteiger partial charge in [-0.05, 0) is 72.4 Å². The van der Waals surface area contributed by atoms with Crippen molar-refractivity contribution >= 4 is 23.1 Å². The molecule has 0 aromatic heterocycles. The number of fused-ring (bicyclic) bond motifs is 1. The van der Waals surface area contributed by atoms with Crippen LogP contribution in [-0.4, -0.2) is 47.3 Å². The molecule has 1 atom stereocenters. The molecule has 2 aromatic carbocycles. The van der Waals surface area contributed by atoms with Gasteiger partial charge < -0.3 is 19.8 Å². The van der Waals surface area contributed by atoms with E-state index in [0.717, 1.165) is 53.9 Å². The molecule has 1 fully saturated rings. The molecule has 200 valence electrons. The number of carboxylic acid groups (broad SMARTS) is 1. The van der Waals surface area contributed by atoms with Crippen molar-refractivity contribution in [1.82, 2.24) is 4.90 Å². The van der Waals surface area contributed by atoms with Crippen LogP contribution in [0.3, 0.4) is 0 Å². The van der Waals surface area contributed by atoms with Crippen LogP contribution in [0.15, 0.2) is 84.5 Å². The summed E-state index contributed by atoms with van der Waals surface area (Å²) >= 11 is 6.08. The number of carboxylic acids is 1. The van der Waals surface area contributed by atoms with Gasteiger partial charge in [-0.1, -0.05) is 68.5 Å². The summed E-state index contributed by atoms with van der Waals surface area (Å²) in [4.78, 5) is 14.1. The first kappa shape index (κ1) is 27.9. The van der Waals surface area contributed by atoms with Gasteiger partial charge in [0.05, 0.1) is 11.2 Å². The number of piperidine rings is 1. The topological polar surface area (TPSA) is 70.0 Å². The van der Waals surface area contributed by atoms with E-state index in [4.69, 9.17) is 16.3 Å². The number of benzene rings is 2. The summed E-state index contributed by atoms with van der Waals surface area (Å²) < 4.78 is 5.99. The van der Waals surface area contributed by atoms with Gasteiger partial charge >= 0.3 is 5.97 Å². The minimum Gasteiger partial charge on any atom is -0.488 e. The van der Waals surface area contributed by atoms with E-state index in [0.29, 0.717) is 23.8 Å². The van der Waals surface area contributed by atoms with Crippen molar-refractivity contribution in [3.05, 3.63) is 106 Å². The van der Waals surface area contributed by atoms with E-state index in [-0.39, 0.29) is 11.0 Å². The molecular weight excluding hydrogens is 498 g/mol. The number of rotatable bonds is 6. The fraction of sp³-hybridized carbons (Fsp3) is 0.344. The first-order valence-electron chi connectivity index (χ1n) is 13.0. The number of aromatic carboxylic acids is 1. The van der Waals surface area contributed by atoms with Crippen molar-refractivity contribution in [1.29, 1.82) is 0 Å². The number of halogens is 1. The lowest BCUT2D eigenvalue weighted by atomic mass is 9.66. The van der Waals surface area contributed by atoms with Crippen LogP contribution in [0.1, 0.15) is 55.1 Å². The SMILES string of the molecule is C=C1COc2ccc(C(=O)O)cc2C(=C/CCN2CCC(O)(c3ccc(Cl)cc3)C(C)(C)C2)/C1=C/C=C\C. The van der Waals surface area contributed by atoms with Crippen LogP contribution in [0.4, 0.5) is 0 Å². The molecule has 0 amide bonds. The standard InChI is InChI=1S/C32H36ClNO4/c1-5-6-8-26-22(2)20-38-29-15-10-23(30(35)36)19-28(29)27(26)9-7-17-34-18-16-32(37,31(3,4)21-34)24-11-13-25(33)14-12-24/h5-6,8-15,19,37H,2,7,16-18,20-21H2,1,3-4H3,(H,35,36)/b6-5-,26-8+,27-9+. The summed E-state index contributed by atoms with van der Waals surface area (Å²) in [6.45, 7) is 13.1. The summed E-state index contributed by atoms with van der Waals surface area (Å²) in [5.41, 5.74) is 3.29. The number of hydrogen-bond donors (Lipinski definition) is 2. The van der Waals surface area contributed by atoms with E-state index in [1.807, 2.05) is 49.4 Å². The Morgan fingerprint density at radius 1 is 1.18 bits per heavy atom. The van der Waals surface area contributed by atoms with Crippen molar-refractivity contribution < 1.29 is 19.7 Å². The average Bonchev–Trinajstić information content (AvgIpc) is 3.01. The van der Waals surface area contributed by atoms with Crippen molar-refractivity contribution in [2.75, 3.05) is 26.2 Å². The van der Waals surface area contributed by atoms with Crippen LogP contribution in [0.2, 0.25) is 5.02 Å². The van der Waals surface area contributed by atoms with Crippen LogP contribution in [-0.2, 0) is 5.60 Å². The molecule has 5 nitrogen and oxygen atoms in total.